The molecular weight excluding hydrogens is 430 g/mol. The fraction of sp³-hybridized carbons (Fsp3) is 0.391. The third-order valence-electron chi connectivity index (χ3n) is 4.76. The van der Waals surface area contributed by atoms with Crippen LogP contribution in [0.2, 0.25) is 5.02 Å². The summed E-state index contributed by atoms with van der Waals surface area (Å²) in [6.45, 7) is 5.63. The topological polar surface area (TPSA) is 111 Å². The van der Waals surface area contributed by atoms with Crippen molar-refractivity contribution in [1.82, 2.24) is 14.9 Å². The fourth-order valence-corrected chi connectivity index (χ4v) is 3.06. The van der Waals surface area contributed by atoms with Crippen LogP contribution in [0.5, 0.6) is 0 Å². The zero-order valence-corrected chi connectivity index (χ0v) is 18.9. The summed E-state index contributed by atoms with van der Waals surface area (Å²) in [4.78, 5) is 29.5. The normalized spacial score (nSPS) is 14.7. The number of nitrogens with zero attached hydrogens (tertiary/aromatic N) is 3. The zero-order chi connectivity index (χ0) is 23.2. The molecule has 1 amide bonds. The molecule has 0 unspecified atom stereocenters. The second-order valence-electron chi connectivity index (χ2n) is 7.09. The van der Waals surface area contributed by atoms with Crippen LogP contribution in [0.3, 0.4) is 0 Å². The van der Waals surface area contributed by atoms with Gasteiger partial charge in [-0.1, -0.05) is 30.7 Å². The van der Waals surface area contributed by atoms with Crippen molar-refractivity contribution >= 4 is 29.4 Å². The molecule has 1 saturated heterocycles. The lowest BCUT2D eigenvalue weighted by atomic mass is 10.1. The minimum absolute atomic E-state index is 0.0986. The fourth-order valence-electron chi connectivity index (χ4n) is 2.95. The molecule has 2 aromatic rings. The number of pyridine rings is 2. The maximum Gasteiger partial charge on any atom is 0.212 e. The first kappa shape index (κ1) is 25.1. The Balaban J connectivity index is 0.000000195. The van der Waals surface area contributed by atoms with Gasteiger partial charge in [0, 0.05) is 38.2 Å². The van der Waals surface area contributed by atoms with Gasteiger partial charge in [0.1, 0.15) is 10.8 Å². The van der Waals surface area contributed by atoms with Crippen molar-refractivity contribution < 1.29 is 9.53 Å². The van der Waals surface area contributed by atoms with Gasteiger partial charge in [-0.05, 0) is 42.9 Å². The van der Waals surface area contributed by atoms with E-state index in [4.69, 9.17) is 21.6 Å². The number of amides is 1. The Hall–Kier alpha value is -3.15. The lowest BCUT2D eigenvalue weighted by molar-refractivity contribution is -0.105. The van der Waals surface area contributed by atoms with Gasteiger partial charge in [-0.3, -0.25) is 14.6 Å². The van der Waals surface area contributed by atoms with Gasteiger partial charge >= 0.3 is 0 Å². The van der Waals surface area contributed by atoms with Crippen LogP contribution in [-0.2, 0) is 16.0 Å². The third-order valence-corrected chi connectivity index (χ3v) is 5.06. The Kier molecular flexibility index (Phi) is 11.0. The Morgan fingerprint density at radius 1 is 1.38 bits per heavy atom. The molecule has 0 aromatic carbocycles. The molecule has 0 spiro atoms. The molecule has 0 bridgehead atoms. The predicted molar refractivity (Wildman–Crippen MR) is 125 cm³/mol. The standard InChI is InChI=1S/C13H15N3.C6H5ClN2O2.C4H8O/c1-2-11-5-6-13(15-8-11)12-4-3-7-16(9-12)10-14;7-4-2-8-6(9-3-10)1-5(4)11;1-2-4-5-3-1/h4-6,8H,2-3,7,9H2,1H3;1-3H,(H2,8,9,10,11);1-4H2. The van der Waals surface area contributed by atoms with E-state index in [1.807, 2.05) is 12.3 Å². The SMILES string of the molecule is C1CCOC1.CCc1ccc(C2=CCCN(C#N)C2)nc1.O=CNc1cc(=O)c(Cl)c[nH]1. The first-order valence-electron chi connectivity index (χ1n) is 10.5. The molecule has 2 aliphatic rings. The van der Waals surface area contributed by atoms with Crippen LogP contribution in [-0.4, -0.2) is 47.6 Å². The summed E-state index contributed by atoms with van der Waals surface area (Å²) < 4.78 is 4.94. The lowest BCUT2D eigenvalue weighted by Gasteiger charge is -2.21. The highest BCUT2D eigenvalue weighted by atomic mass is 35.5. The molecule has 32 heavy (non-hydrogen) atoms. The number of anilines is 1. The molecule has 0 saturated carbocycles. The molecule has 170 valence electrons. The van der Waals surface area contributed by atoms with Crippen LogP contribution in [0.15, 0.2) is 41.5 Å². The second kappa shape index (κ2) is 14.0. The Morgan fingerprint density at radius 2 is 2.16 bits per heavy atom. The summed E-state index contributed by atoms with van der Waals surface area (Å²) in [7, 11) is 0. The number of rotatable bonds is 4. The second-order valence-corrected chi connectivity index (χ2v) is 7.49. The van der Waals surface area contributed by atoms with Crippen molar-refractivity contribution in [2.24, 2.45) is 0 Å². The Labute approximate surface area is 192 Å². The quantitative estimate of drug-likeness (QED) is 0.536. The van der Waals surface area contributed by atoms with E-state index in [1.165, 1.54) is 30.7 Å². The molecule has 2 aromatic heterocycles. The number of H-pyrrole nitrogens is 1. The van der Waals surface area contributed by atoms with Crippen LogP contribution in [0.25, 0.3) is 5.57 Å². The van der Waals surface area contributed by atoms with Crippen molar-refractivity contribution in [3.8, 4) is 6.19 Å². The number of hydrogen-bond acceptors (Lipinski definition) is 6. The van der Waals surface area contributed by atoms with Gasteiger partial charge in [0.15, 0.2) is 6.19 Å². The maximum atomic E-state index is 10.8. The number of carbonyl (C=O) groups is 1. The first-order valence-corrected chi connectivity index (χ1v) is 10.9. The summed E-state index contributed by atoms with van der Waals surface area (Å²) >= 11 is 5.42. The number of carbonyl (C=O) groups excluding carboxylic acids is 1. The Morgan fingerprint density at radius 3 is 2.69 bits per heavy atom. The molecular formula is C23H28ClN5O3. The van der Waals surface area contributed by atoms with Crippen LogP contribution in [0, 0.1) is 11.5 Å². The first-order chi connectivity index (χ1) is 15.6. The lowest BCUT2D eigenvalue weighted by Crippen LogP contribution is -2.24. The average Bonchev–Trinajstić information content (AvgIpc) is 3.43. The molecule has 8 nitrogen and oxygen atoms in total. The van der Waals surface area contributed by atoms with Gasteiger partial charge in [-0.15, -0.1) is 0 Å². The van der Waals surface area contributed by atoms with E-state index in [-0.39, 0.29) is 10.5 Å². The number of nitriles is 1. The molecule has 1 fully saturated rings. The summed E-state index contributed by atoms with van der Waals surface area (Å²) in [5.74, 6) is 0.328. The average molecular weight is 458 g/mol. The zero-order valence-electron chi connectivity index (χ0n) is 18.1. The van der Waals surface area contributed by atoms with Gasteiger partial charge in [0.25, 0.3) is 0 Å². The molecule has 4 rings (SSSR count). The van der Waals surface area contributed by atoms with E-state index in [9.17, 15) is 9.59 Å². The highest BCUT2D eigenvalue weighted by Crippen LogP contribution is 2.18. The number of aromatic amines is 1. The van der Waals surface area contributed by atoms with Gasteiger partial charge in [0.05, 0.1) is 12.2 Å². The number of nitrogens with one attached hydrogen (secondary N) is 2. The number of aromatic nitrogens is 2. The van der Waals surface area contributed by atoms with Crippen molar-refractivity contribution in [1.29, 1.82) is 5.26 Å². The maximum absolute atomic E-state index is 10.8. The van der Waals surface area contributed by atoms with Crippen LogP contribution < -0.4 is 10.7 Å². The van der Waals surface area contributed by atoms with E-state index >= 15 is 0 Å². The number of aryl methyl sites for hydroxylation is 1. The van der Waals surface area contributed by atoms with Crippen molar-refractivity contribution in [3.63, 3.8) is 0 Å². The Bertz CT molecular complexity index is 971. The monoisotopic (exact) mass is 457 g/mol. The highest BCUT2D eigenvalue weighted by Gasteiger charge is 2.12. The van der Waals surface area contributed by atoms with Crippen molar-refractivity contribution in [3.05, 3.63) is 63.2 Å². The molecule has 0 atom stereocenters. The van der Waals surface area contributed by atoms with Crippen LogP contribution in [0.4, 0.5) is 5.82 Å². The summed E-state index contributed by atoms with van der Waals surface area (Å²) in [5.41, 5.74) is 3.08. The van der Waals surface area contributed by atoms with Crippen molar-refractivity contribution in [2.45, 2.75) is 32.6 Å². The smallest absolute Gasteiger partial charge is 0.212 e. The highest BCUT2D eigenvalue weighted by molar-refractivity contribution is 6.30. The van der Waals surface area contributed by atoms with E-state index < -0.39 is 0 Å². The minimum Gasteiger partial charge on any atom is -0.381 e. The van der Waals surface area contributed by atoms with E-state index in [0.717, 1.165) is 43.9 Å². The summed E-state index contributed by atoms with van der Waals surface area (Å²) in [6, 6.07) is 5.36. The molecule has 2 aliphatic heterocycles. The third kappa shape index (κ3) is 8.53. The molecule has 0 aliphatic carbocycles. The number of ether oxygens (including phenoxy) is 1. The van der Waals surface area contributed by atoms with Crippen LogP contribution >= 0.6 is 11.6 Å². The number of halogens is 1. The minimum atomic E-state index is -0.324. The summed E-state index contributed by atoms with van der Waals surface area (Å²) in [6.07, 6.45) is 12.6. The van der Waals surface area contributed by atoms with Crippen molar-refractivity contribution in [2.75, 3.05) is 31.6 Å². The molecule has 4 heterocycles. The number of hydrogen-bond donors (Lipinski definition) is 2. The van der Waals surface area contributed by atoms with Crippen LogP contribution in [0.1, 0.15) is 37.4 Å². The van der Waals surface area contributed by atoms with Gasteiger partial charge in [-0.2, -0.15) is 5.26 Å². The summed E-state index contributed by atoms with van der Waals surface area (Å²) in [5, 5.41) is 11.2. The van der Waals surface area contributed by atoms with Gasteiger partial charge in [0.2, 0.25) is 11.8 Å². The van der Waals surface area contributed by atoms with E-state index in [1.54, 1.807) is 4.90 Å². The predicted octanol–water partition coefficient (Wildman–Crippen LogP) is 3.61. The van der Waals surface area contributed by atoms with E-state index in [2.05, 4.69) is 40.5 Å². The largest absolute Gasteiger partial charge is 0.381 e. The molecule has 9 heteroatoms. The van der Waals surface area contributed by atoms with E-state index in [0.29, 0.717) is 18.8 Å². The molecule has 0 radical (unpaired) electrons. The van der Waals surface area contributed by atoms with Gasteiger partial charge < -0.3 is 19.9 Å². The molecule has 2 N–H and O–H groups in total. The van der Waals surface area contributed by atoms with Gasteiger partial charge in [-0.25, -0.2) is 0 Å².